The van der Waals surface area contributed by atoms with Gasteiger partial charge in [-0.05, 0) is 31.7 Å². The first-order valence-corrected chi connectivity index (χ1v) is 8.70. The lowest BCUT2D eigenvalue weighted by molar-refractivity contribution is -0.116. The monoisotopic (exact) mass is 377 g/mol. The van der Waals surface area contributed by atoms with Gasteiger partial charge in [-0.25, -0.2) is 4.98 Å². The number of carbonyl (C=O) groups excluding carboxylic acids is 1. The van der Waals surface area contributed by atoms with Crippen molar-refractivity contribution in [1.82, 2.24) is 9.55 Å². The molecule has 0 aliphatic heterocycles. The summed E-state index contributed by atoms with van der Waals surface area (Å²) >= 11 is 6.11. The summed E-state index contributed by atoms with van der Waals surface area (Å²) in [7, 11) is 2.98. The van der Waals surface area contributed by atoms with Gasteiger partial charge in [-0.3, -0.25) is 14.2 Å². The molecule has 138 valence electrons. The van der Waals surface area contributed by atoms with Crippen LogP contribution in [0, 0.1) is 0 Å². The molecule has 1 aromatic heterocycles. The van der Waals surface area contributed by atoms with Gasteiger partial charge in [-0.15, -0.1) is 0 Å². The highest BCUT2D eigenvalue weighted by molar-refractivity contribution is 6.32. The van der Waals surface area contributed by atoms with Crippen LogP contribution in [0.15, 0.2) is 23.3 Å². The topological polar surface area (TPSA) is 82.4 Å². The van der Waals surface area contributed by atoms with Crippen LogP contribution in [-0.2, 0) is 24.2 Å². The van der Waals surface area contributed by atoms with Crippen LogP contribution in [0.1, 0.15) is 24.1 Å². The average molecular weight is 378 g/mol. The molecule has 8 heteroatoms. The summed E-state index contributed by atoms with van der Waals surface area (Å²) < 4.78 is 11.7. The largest absolute Gasteiger partial charge is 0.495 e. The zero-order chi connectivity index (χ0) is 18.7. The highest BCUT2D eigenvalue weighted by Crippen LogP contribution is 2.35. The molecule has 0 saturated heterocycles. The van der Waals surface area contributed by atoms with Gasteiger partial charge in [0, 0.05) is 11.6 Å². The third kappa shape index (κ3) is 3.67. The summed E-state index contributed by atoms with van der Waals surface area (Å²) in [6.07, 6.45) is 4.98. The molecular weight excluding hydrogens is 358 g/mol. The van der Waals surface area contributed by atoms with Crippen LogP contribution in [0.5, 0.6) is 11.5 Å². The van der Waals surface area contributed by atoms with Gasteiger partial charge in [-0.2, -0.15) is 0 Å². The molecule has 1 aromatic carbocycles. The van der Waals surface area contributed by atoms with Crippen molar-refractivity contribution in [3.05, 3.63) is 45.1 Å². The maximum Gasteiger partial charge on any atom is 0.257 e. The van der Waals surface area contributed by atoms with E-state index in [2.05, 4.69) is 10.3 Å². The number of benzene rings is 1. The zero-order valence-electron chi connectivity index (χ0n) is 14.7. The molecule has 3 rings (SSSR count). The first-order valence-electron chi connectivity index (χ1n) is 8.32. The van der Waals surface area contributed by atoms with E-state index in [4.69, 9.17) is 21.1 Å². The van der Waals surface area contributed by atoms with Crippen molar-refractivity contribution in [2.24, 2.45) is 0 Å². The number of hydrogen-bond acceptors (Lipinski definition) is 5. The Labute approximate surface area is 155 Å². The molecule has 0 spiro atoms. The number of hydrogen-bond donors (Lipinski definition) is 1. The smallest absolute Gasteiger partial charge is 0.257 e. The maximum absolute atomic E-state index is 12.5. The third-order valence-electron chi connectivity index (χ3n) is 4.37. The van der Waals surface area contributed by atoms with E-state index in [0.717, 1.165) is 30.5 Å². The number of nitrogens with one attached hydrogen (secondary N) is 1. The Kier molecular flexibility index (Phi) is 5.46. The Morgan fingerprint density at radius 2 is 1.96 bits per heavy atom. The van der Waals surface area contributed by atoms with Crippen molar-refractivity contribution in [3.8, 4) is 11.5 Å². The number of aromatic nitrogens is 2. The van der Waals surface area contributed by atoms with Crippen LogP contribution < -0.4 is 20.3 Å². The summed E-state index contributed by atoms with van der Waals surface area (Å²) in [5.41, 5.74) is 1.82. The number of methoxy groups -OCH3 is 2. The van der Waals surface area contributed by atoms with E-state index in [1.54, 1.807) is 12.1 Å². The molecule has 2 aromatic rings. The Hall–Kier alpha value is -2.54. The van der Waals surface area contributed by atoms with Crippen LogP contribution in [0.2, 0.25) is 5.02 Å². The van der Waals surface area contributed by atoms with Gasteiger partial charge in [0.25, 0.3) is 5.56 Å². The Balaban J connectivity index is 1.80. The molecule has 7 nitrogen and oxygen atoms in total. The van der Waals surface area contributed by atoms with Crippen molar-refractivity contribution in [1.29, 1.82) is 0 Å². The second-order valence-electron chi connectivity index (χ2n) is 6.05. The lowest BCUT2D eigenvalue weighted by atomic mass is 9.97. The summed E-state index contributed by atoms with van der Waals surface area (Å²) in [4.78, 5) is 29.3. The normalized spacial score (nSPS) is 13.0. The van der Waals surface area contributed by atoms with Crippen molar-refractivity contribution in [2.75, 3.05) is 19.5 Å². The van der Waals surface area contributed by atoms with Gasteiger partial charge in [0.05, 0.1) is 37.0 Å². The standard InChI is InChI=1S/C18H20ClN3O4/c1-25-15-8-16(26-2)14(7-12(15)19)21-17(23)9-22-10-20-13-6-4-3-5-11(13)18(22)24/h7-8,10H,3-6,9H2,1-2H3,(H,21,23). The average Bonchev–Trinajstić information content (AvgIpc) is 2.64. The molecule has 1 aliphatic rings. The third-order valence-corrected chi connectivity index (χ3v) is 4.67. The van der Waals surface area contributed by atoms with Gasteiger partial charge in [0.1, 0.15) is 18.0 Å². The summed E-state index contributed by atoms with van der Waals surface area (Å²) in [5, 5.41) is 3.06. The van der Waals surface area contributed by atoms with Gasteiger partial charge < -0.3 is 14.8 Å². The van der Waals surface area contributed by atoms with Crippen LogP contribution >= 0.6 is 11.6 Å². The van der Waals surface area contributed by atoms with E-state index >= 15 is 0 Å². The van der Waals surface area contributed by atoms with Gasteiger partial charge in [0.15, 0.2) is 0 Å². The lowest BCUT2D eigenvalue weighted by Crippen LogP contribution is -2.32. The fourth-order valence-electron chi connectivity index (χ4n) is 3.04. The molecule has 0 unspecified atom stereocenters. The van der Waals surface area contributed by atoms with Crippen LogP contribution in [0.4, 0.5) is 5.69 Å². The Morgan fingerprint density at radius 1 is 1.23 bits per heavy atom. The van der Waals surface area contributed by atoms with Crippen molar-refractivity contribution >= 4 is 23.2 Å². The fourth-order valence-corrected chi connectivity index (χ4v) is 3.28. The van der Waals surface area contributed by atoms with E-state index in [1.807, 2.05) is 0 Å². The highest BCUT2D eigenvalue weighted by atomic mass is 35.5. The van der Waals surface area contributed by atoms with E-state index in [0.29, 0.717) is 28.6 Å². The van der Waals surface area contributed by atoms with Crippen LogP contribution in [-0.4, -0.2) is 29.7 Å². The number of fused-ring (bicyclic) bond motifs is 1. The fraction of sp³-hybridized carbons (Fsp3) is 0.389. The molecule has 1 heterocycles. The number of nitrogens with zero attached hydrogens (tertiary/aromatic N) is 2. The number of carbonyl (C=O) groups is 1. The number of aryl methyl sites for hydroxylation is 1. The minimum absolute atomic E-state index is 0.133. The second kappa shape index (κ2) is 7.78. The zero-order valence-corrected chi connectivity index (χ0v) is 15.4. The van der Waals surface area contributed by atoms with E-state index in [-0.39, 0.29) is 18.0 Å². The molecule has 0 radical (unpaired) electrons. The van der Waals surface area contributed by atoms with Gasteiger partial charge in [0.2, 0.25) is 5.91 Å². The van der Waals surface area contributed by atoms with Crippen LogP contribution in [0.25, 0.3) is 0 Å². The number of anilines is 1. The van der Waals surface area contributed by atoms with E-state index in [1.165, 1.54) is 25.1 Å². The quantitative estimate of drug-likeness (QED) is 0.865. The van der Waals surface area contributed by atoms with Gasteiger partial charge >= 0.3 is 0 Å². The molecule has 0 bridgehead atoms. The minimum atomic E-state index is -0.371. The highest BCUT2D eigenvalue weighted by Gasteiger charge is 2.18. The van der Waals surface area contributed by atoms with Crippen molar-refractivity contribution in [2.45, 2.75) is 32.2 Å². The van der Waals surface area contributed by atoms with Gasteiger partial charge in [-0.1, -0.05) is 11.6 Å². The van der Waals surface area contributed by atoms with Crippen molar-refractivity contribution in [3.63, 3.8) is 0 Å². The van der Waals surface area contributed by atoms with Crippen LogP contribution in [0.3, 0.4) is 0 Å². The minimum Gasteiger partial charge on any atom is -0.495 e. The number of amides is 1. The van der Waals surface area contributed by atoms with E-state index in [9.17, 15) is 9.59 Å². The summed E-state index contributed by atoms with van der Waals surface area (Å²) in [6.45, 7) is -0.133. The Morgan fingerprint density at radius 3 is 2.69 bits per heavy atom. The predicted molar refractivity (Wildman–Crippen MR) is 98.3 cm³/mol. The molecule has 1 amide bonds. The molecule has 0 atom stereocenters. The number of halogens is 1. The first-order chi connectivity index (χ1) is 12.5. The first kappa shape index (κ1) is 18.3. The number of rotatable bonds is 5. The lowest BCUT2D eigenvalue weighted by Gasteiger charge is -2.16. The second-order valence-corrected chi connectivity index (χ2v) is 6.45. The summed E-state index contributed by atoms with van der Waals surface area (Å²) in [6, 6.07) is 3.13. The molecule has 0 fully saturated rings. The molecule has 1 aliphatic carbocycles. The molecule has 26 heavy (non-hydrogen) atoms. The Bertz CT molecular complexity index is 895. The molecular formula is C18H20ClN3O4. The molecule has 0 saturated carbocycles. The maximum atomic E-state index is 12.5. The SMILES string of the molecule is COc1cc(OC)c(NC(=O)Cn2cnc3c(c2=O)CCCC3)cc1Cl. The molecule has 1 N–H and O–H groups in total. The van der Waals surface area contributed by atoms with Crippen molar-refractivity contribution < 1.29 is 14.3 Å². The summed E-state index contributed by atoms with van der Waals surface area (Å²) in [5.74, 6) is 0.483. The predicted octanol–water partition coefficient (Wildman–Crippen LogP) is 2.43. The number of ether oxygens (including phenoxy) is 2. The van der Waals surface area contributed by atoms with E-state index < -0.39 is 0 Å².